The molecule has 0 bridgehead atoms. The predicted molar refractivity (Wildman–Crippen MR) is 196 cm³/mol. The average Bonchev–Trinajstić information content (AvgIpc) is 3.53. The molecule has 0 spiro atoms. The Labute approximate surface area is 303 Å². The average molecular weight is 822 g/mol. The molecule has 5 heteroatoms. The van der Waals surface area contributed by atoms with Crippen molar-refractivity contribution in [1.29, 1.82) is 0 Å². The third-order valence-electron chi connectivity index (χ3n) is 12.7. The monoisotopic (exact) mass is 821 g/mol. The van der Waals surface area contributed by atoms with Crippen LogP contribution in [0, 0.1) is 28.1 Å². The molecule has 0 amide bonds. The van der Waals surface area contributed by atoms with Crippen LogP contribution in [0.15, 0.2) is 48.5 Å². The van der Waals surface area contributed by atoms with Crippen molar-refractivity contribution in [1.82, 2.24) is 0 Å². The summed E-state index contributed by atoms with van der Waals surface area (Å²) in [5, 5.41) is 0. The Morgan fingerprint density at radius 2 is 0.787 bits per heavy atom. The van der Waals surface area contributed by atoms with Crippen molar-refractivity contribution in [3.8, 4) is 0 Å². The van der Waals surface area contributed by atoms with Gasteiger partial charge < -0.3 is 11.8 Å². The molecule has 260 valence electrons. The van der Waals surface area contributed by atoms with E-state index in [1.54, 1.807) is 0 Å². The molecule has 0 saturated heterocycles. The Morgan fingerprint density at radius 1 is 0.489 bits per heavy atom. The first kappa shape index (κ1) is 41.1. The van der Waals surface area contributed by atoms with Gasteiger partial charge in [0.05, 0.1) is 0 Å². The maximum absolute atomic E-state index is 3.76. The summed E-state index contributed by atoms with van der Waals surface area (Å²) >= 11 is 0. The van der Waals surface area contributed by atoms with Gasteiger partial charge in [0, 0.05) is 43.5 Å². The van der Waals surface area contributed by atoms with Gasteiger partial charge in [-0.05, 0) is 41.5 Å². The molecule has 2 heterocycles. The Kier molecular flexibility index (Phi) is 11.9. The van der Waals surface area contributed by atoms with Gasteiger partial charge in [0.15, 0.2) is 22.7 Å². The van der Waals surface area contributed by atoms with Gasteiger partial charge in [-0.2, -0.15) is 27.7 Å². The molecule has 0 radical (unpaired) electrons. The van der Waals surface area contributed by atoms with Gasteiger partial charge in [-0.1, -0.05) is 102 Å². The van der Waals surface area contributed by atoms with E-state index < -0.39 is 0 Å². The molecule has 0 unspecified atom stereocenters. The number of benzene rings is 2. The van der Waals surface area contributed by atoms with Gasteiger partial charge in [-0.3, -0.25) is 0 Å². The summed E-state index contributed by atoms with van der Waals surface area (Å²) in [4.78, 5) is 0. The summed E-state index contributed by atoms with van der Waals surface area (Å²) in [5.74, 6) is 2.88. The van der Waals surface area contributed by atoms with Gasteiger partial charge in [0.25, 0.3) is 22.7 Å². The second kappa shape index (κ2) is 13.7. The van der Waals surface area contributed by atoms with Crippen LogP contribution in [0.1, 0.15) is 132 Å². The van der Waals surface area contributed by atoms with E-state index in [0.29, 0.717) is 6.04 Å². The molecule has 0 aliphatic carbocycles. The molecule has 47 heavy (non-hydrogen) atoms. The van der Waals surface area contributed by atoms with Crippen molar-refractivity contribution in [3.63, 3.8) is 0 Å². The van der Waals surface area contributed by atoms with Gasteiger partial charge in [0.2, 0.25) is 0 Å². The molecule has 0 atom stereocenters. The normalized spacial score (nSPS) is 15.4. The van der Waals surface area contributed by atoms with E-state index in [2.05, 4.69) is 210 Å². The zero-order valence-electron chi connectivity index (χ0n) is 33.3. The van der Waals surface area contributed by atoms with E-state index >= 15 is 0 Å². The van der Waals surface area contributed by atoms with Crippen LogP contribution in [-0.2, 0) is 21.1 Å². The maximum Gasteiger partial charge on any atom is 2.00 e. The van der Waals surface area contributed by atoms with Crippen LogP contribution in [0.4, 0.5) is 22.7 Å². The molecule has 2 aromatic rings. The van der Waals surface area contributed by atoms with E-state index in [1.165, 1.54) is 34.6 Å². The summed E-state index contributed by atoms with van der Waals surface area (Å²) < 4.78 is 9.29. The number of hydrogen-bond acceptors (Lipinski definition) is 0. The van der Waals surface area contributed by atoms with E-state index in [-0.39, 0.29) is 53.9 Å². The van der Waals surface area contributed by atoms with Crippen molar-refractivity contribution >= 4 is 34.8 Å². The predicted octanol–water partition coefficient (Wildman–Crippen LogP) is 11.4. The Balaban J connectivity index is 0.000000324. The van der Waals surface area contributed by atoms with Gasteiger partial charge in [-0.15, -0.1) is 0 Å². The van der Waals surface area contributed by atoms with Crippen LogP contribution in [0.25, 0.3) is 0 Å². The third kappa shape index (κ3) is 7.00. The number of fused-ring (bicyclic) bond motifs is 2. The summed E-state index contributed by atoms with van der Waals surface area (Å²) in [6.45, 7) is 43.5. The van der Waals surface area contributed by atoms with Crippen LogP contribution in [0.3, 0.4) is 0 Å². The molecule has 0 saturated carbocycles. The fraction of sp³-hybridized carbons (Fsp3) is 0.619. The summed E-state index contributed by atoms with van der Waals surface area (Å²) in [7, 11) is 0. The minimum Gasteiger partial charge on any atom is -0.307 e. The number of rotatable bonds is 8. The Bertz CT molecular complexity index is 1590. The molecular formula is C42H66N4Pt+4. The fourth-order valence-electron chi connectivity index (χ4n) is 5.91. The Hall–Kier alpha value is -2.11. The molecule has 2 aliphatic rings. The molecule has 4 nitrogen and oxygen atoms in total. The Morgan fingerprint density at radius 3 is 1.11 bits per heavy atom. The first-order valence-electron chi connectivity index (χ1n) is 17.3. The standard InChI is InChI=1S/C23H37N2.C19H29N2.Pt/c1-17(2)21(6,7)23(10,11)25-16-24(22(8,9)20(3,4)5)18-14-12-13-15-19(18)25;1-14(2)18(5,6)19(7,8)21-13-20(15(3)4)16-11-9-10-12-17(16)21;/h12-15H,1-11H3;9-12,15H,1-8H3;/q2*+1;+2. The first-order chi connectivity index (χ1) is 20.8. The SMILES string of the molecule is C[C-](C)C(C)(C)C(C)(C)[N+]1=C=[N+](C(C)(C)C(C)(C)C)c2ccccc21.C[C-](C)C(C)(C)C(C)(C)[N+]1=C=[N+](C(C)C)c2ccccc21.[Pt+2]. The van der Waals surface area contributed by atoms with Crippen LogP contribution < -0.4 is 0 Å². The smallest absolute Gasteiger partial charge is 0.307 e. The van der Waals surface area contributed by atoms with Gasteiger partial charge >= 0.3 is 33.1 Å². The second-order valence-electron chi connectivity index (χ2n) is 17.8. The number of para-hydroxylation sites is 4. The van der Waals surface area contributed by atoms with E-state index in [1.807, 2.05) is 0 Å². The van der Waals surface area contributed by atoms with E-state index in [4.69, 9.17) is 0 Å². The molecule has 0 N–H and O–H groups in total. The molecule has 4 rings (SSSR count). The van der Waals surface area contributed by atoms with Crippen molar-refractivity contribution in [2.24, 2.45) is 16.2 Å². The van der Waals surface area contributed by atoms with Crippen LogP contribution in [-0.4, -0.2) is 53.0 Å². The van der Waals surface area contributed by atoms with Crippen LogP contribution in [0.2, 0.25) is 0 Å². The number of hydrogen-bond donors (Lipinski definition) is 0. The van der Waals surface area contributed by atoms with Gasteiger partial charge in [0.1, 0.15) is 0 Å². The minimum absolute atomic E-state index is 0. The minimum atomic E-state index is -0.0926. The first-order valence-corrected chi connectivity index (χ1v) is 17.3. The van der Waals surface area contributed by atoms with Crippen molar-refractivity contribution < 1.29 is 39.4 Å². The van der Waals surface area contributed by atoms with Crippen LogP contribution >= 0.6 is 0 Å². The molecule has 0 fully saturated rings. The molecular weight excluding hydrogens is 756 g/mol. The third-order valence-corrected chi connectivity index (χ3v) is 12.7. The number of nitrogens with zero attached hydrogens (tertiary/aromatic N) is 4. The largest absolute Gasteiger partial charge is 2.00 e. The zero-order valence-corrected chi connectivity index (χ0v) is 35.6. The van der Waals surface area contributed by atoms with Crippen molar-refractivity contribution in [2.45, 2.75) is 154 Å². The summed E-state index contributed by atoms with van der Waals surface area (Å²) in [5.41, 5.74) is 5.07. The molecule has 2 aliphatic heterocycles. The molecule has 0 aromatic heterocycles. The van der Waals surface area contributed by atoms with Crippen molar-refractivity contribution in [2.75, 3.05) is 0 Å². The molecule has 2 aromatic carbocycles. The topological polar surface area (TPSA) is 12.0 Å². The van der Waals surface area contributed by atoms with Gasteiger partial charge in [-0.25, -0.2) is 0 Å². The second-order valence-corrected chi connectivity index (χ2v) is 17.8. The summed E-state index contributed by atoms with van der Waals surface area (Å²) in [6.07, 6.45) is 0. The van der Waals surface area contributed by atoms with E-state index in [0.717, 1.165) is 0 Å². The zero-order chi connectivity index (χ0) is 35.4. The summed E-state index contributed by atoms with van der Waals surface area (Å²) in [6, 6.07) is 25.1. The van der Waals surface area contributed by atoms with E-state index in [9.17, 15) is 0 Å². The van der Waals surface area contributed by atoms with Crippen LogP contribution in [0.5, 0.6) is 0 Å². The van der Waals surface area contributed by atoms with Crippen molar-refractivity contribution in [3.05, 3.63) is 60.4 Å². The quantitative estimate of drug-likeness (QED) is 0.186. The fourth-order valence-corrected chi connectivity index (χ4v) is 5.91. The maximum atomic E-state index is 3.76.